The molecule has 0 fully saturated rings. The fraction of sp³-hybridized carbons (Fsp3) is 0.583. The average Bonchev–Trinajstić information content (AvgIpc) is 2.57. The van der Waals surface area contributed by atoms with Crippen LogP contribution in [0.15, 0.2) is 23.5 Å². The molecule has 0 aromatic rings. The van der Waals surface area contributed by atoms with Gasteiger partial charge in [-0.2, -0.15) is 0 Å². The zero-order valence-corrected chi connectivity index (χ0v) is 8.16. The largest absolute Gasteiger partial charge is 0.490 e. The number of carbonyl (C=O) groups is 1. The Labute approximate surface area is 83.6 Å². The third-order valence-electron chi connectivity index (χ3n) is 3.42. The molecule has 0 aromatic heterocycles. The molecule has 0 radical (unpaired) electrons. The van der Waals surface area contributed by atoms with Crippen LogP contribution in [0.25, 0.3) is 0 Å². The van der Waals surface area contributed by atoms with Gasteiger partial charge in [0, 0.05) is 24.3 Å². The Morgan fingerprint density at radius 1 is 1.36 bits per heavy atom. The van der Waals surface area contributed by atoms with Gasteiger partial charge in [0.2, 0.25) is 0 Å². The minimum absolute atomic E-state index is 0.177. The van der Waals surface area contributed by atoms with Crippen LogP contribution in [0.5, 0.6) is 0 Å². The lowest BCUT2D eigenvalue weighted by Gasteiger charge is -2.20. The maximum atomic E-state index is 11.8. The van der Waals surface area contributed by atoms with E-state index in [1.54, 1.807) is 0 Å². The lowest BCUT2D eigenvalue weighted by molar-refractivity contribution is -0.116. The van der Waals surface area contributed by atoms with Crippen LogP contribution in [-0.2, 0) is 9.53 Å². The summed E-state index contributed by atoms with van der Waals surface area (Å²) in [5, 5.41) is 0. The molecule has 0 spiro atoms. The van der Waals surface area contributed by atoms with E-state index in [1.807, 2.05) is 0 Å². The number of rotatable bonds is 0. The molecule has 2 atom stereocenters. The number of hydrogen-bond acceptors (Lipinski definition) is 2. The number of fused-ring (bicyclic) bond motifs is 2. The first-order valence-corrected chi connectivity index (χ1v) is 5.46. The van der Waals surface area contributed by atoms with E-state index < -0.39 is 0 Å². The summed E-state index contributed by atoms with van der Waals surface area (Å²) < 4.78 is 5.81. The van der Waals surface area contributed by atoms with Crippen molar-refractivity contribution in [2.75, 3.05) is 0 Å². The summed E-state index contributed by atoms with van der Waals surface area (Å²) in [4.78, 5) is 11.8. The van der Waals surface area contributed by atoms with Gasteiger partial charge in [0.25, 0.3) is 0 Å². The van der Waals surface area contributed by atoms with E-state index in [4.69, 9.17) is 4.74 Å². The molecular formula is C12H14O2. The lowest BCUT2D eigenvalue weighted by atomic mass is 9.81. The first kappa shape index (κ1) is 8.27. The number of ether oxygens (including phenoxy) is 1. The van der Waals surface area contributed by atoms with Crippen molar-refractivity contribution in [2.24, 2.45) is 5.92 Å². The van der Waals surface area contributed by atoms with Gasteiger partial charge in [0.15, 0.2) is 5.78 Å². The van der Waals surface area contributed by atoms with Gasteiger partial charge in [-0.25, -0.2) is 0 Å². The number of Topliss-reactive ketones (excluding diaryl/α,β-unsaturated/α-hetero) is 1. The first-order chi connectivity index (χ1) is 6.86. The van der Waals surface area contributed by atoms with Gasteiger partial charge < -0.3 is 4.74 Å². The summed E-state index contributed by atoms with van der Waals surface area (Å²) in [5.41, 5.74) is 1.03. The predicted octanol–water partition coefficient (Wildman–Crippen LogP) is 2.36. The molecule has 2 nitrogen and oxygen atoms in total. The summed E-state index contributed by atoms with van der Waals surface area (Å²) in [7, 11) is 0. The zero-order valence-electron chi connectivity index (χ0n) is 8.16. The van der Waals surface area contributed by atoms with Gasteiger partial charge in [0.1, 0.15) is 11.9 Å². The summed E-state index contributed by atoms with van der Waals surface area (Å²) in [6.45, 7) is 0. The van der Waals surface area contributed by atoms with E-state index in [9.17, 15) is 4.79 Å². The molecule has 0 amide bonds. The van der Waals surface area contributed by atoms with E-state index in [1.165, 1.54) is 0 Å². The maximum absolute atomic E-state index is 11.8. The van der Waals surface area contributed by atoms with Crippen LogP contribution in [0.3, 0.4) is 0 Å². The highest BCUT2D eigenvalue weighted by atomic mass is 16.5. The van der Waals surface area contributed by atoms with Crippen LogP contribution >= 0.6 is 0 Å². The molecule has 74 valence electrons. The number of carbonyl (C=O) groups excluding carboxylic acids is 1. The zero-order chi connectivity index (χ0) is 9.54. The van der Waals surface area contributed by atoms with E-state index >= 15 is 0 Å². The quantitative estimate of drug-likeness (QED) is 0.548. The van der Waals surface area contributed by atoms with Gasteiger partial charge in [-0.05, 0) is 25.3 Å². The molecule has 2 unspecified atom stereocenters. The maximum Gasteiger partial charge on any atom is 0.162 e. The fourth-order valence-electron chi connectivity index (χ4n) is 2.77. The highest BCUT2D eigenvalue weighted by Crippen LogP contribution is 2.42. The molecule has 1 heterocycles. The molecule has 1 aliphatic heterocycles. The van der Waals surface area contributed by atoms with E-state index in [2.05, 4.69) is 12.2 Å². The smallest absolute Gasteiger partial charge is 0.162 e. The number of allylic oxidation sites excluding steroid dienone is 2. The molecular weight excluding hydrogens is 176 g/mol. The molecule has 2 heteroatoms. The van der Waals surface area contributed by atoms with Crippen molar-refractivity contribution in [3.8, 4) is 0 Å². The fourth-order valence-corrected chi connectivity index (χ4v) is 2.77. The van der Waals surface area contributed by atoms with Crippen molar-refractivity contribution in [2.45, 2.75) is 38.2 Å². The first-order valence-electron chi connectivity index (χ1n) is 5.46. The standard InChI is InChI=1S/C12H14O2/c13-9-5-3-7-11-12(9)8-4-1-2-6-10(8)14-11/h2,6,8,10H,1,3-5,7H2. The summed E-state index contributed by atoms with van der Waals surface area (Å²) >= 11 is 0. The predicted molar refractivity (Wildman–Crippen MR) is 52.6 cm³/mol. The number of ketones is 1. The summed E-state index contributed by atoms with van der Waals surface area (Å²) in [6, 6.07) is 0. The molecule has 0 aromatic carbocycles. The monoisotopic (exact) mass is 190 g/mol. The van der Waals surface area contributed by atoms with Crippen LogP contribution in [0.4, 0.5) is 0 Å². The molecule has 0 saturated carbocycles. The topological polar surface area (TPSA) is 26.3 Å². The van der Waals surface area contributed by atoms with Crippen LogP contribution < -0.4 is 0 Å². The Hall–Kier alpha value is -1.05. The second-order valence-corrected chi connectivity index (χ2v) is 4.31. The molecule has 3 aliphatic rings. The van der Waals surface area contributed by atoms with Crippen molar-refractivity contribution in [1.82, 2.24) is 0 Å². The van der Waals surface area contributed by atoms with Gasteiger partial charge >= 0.3 is 0 Å². The Morgan fingerprint density at radius 2 is 2.29 bits per heavy atom. The highest BCUT2D eigenvalue weighted by Gasteiger charge is 2.40. The Balaban J connectivity index is 1.98. The third kappa shape index (κ3) is 1.06. The Bertz CT molecular complexity index is 338. The molecule has 0 saturated heterocycles. The molecule has 14 heavy (non-hydrogen) atoms. The second-order valence-electron chi connectivity index (χ2n) is 4.31. The Morgan fingerprint density at radius 3 is 3.21 bits per heavy atom. The normalized spacial score (nSPS) is 35.3. The molecule has 2 aliphatic carbocycles. The minimum atomic E-state index is 0.177. The van der Waals surface area contributed by atoms with E-state index in [-0.39, 0.29) is 6.10 Å². The van der Waals surface area contributed by atoms with Gasteiger partial charge in [-0.3, -0.25) is 4.79 Å². The summed E-state index contributed by atoms with van der Waals surface area (Å²) in [5.74, 6) is 1.72. The molecule has 3 rings (SSSR count). The van der Waals surface area contributed by atoms with Crippen molar-refractivity contribution in [3.05, 3.63) is 23.5 Å². The van der Waals surface area contributed by atoms with Crippen LogP contribution in [0, 0.1) is 5.92 Å². The minimum Gasteiger partial charge on any atom is -0.490 e. The average molecular weight is 190 g/mol. The van der Waals surface area contributed by atoms with Crippen LogP contribution in [-0.4, -0.2) is 11.9 Å². The highest BCUT2D eigenvalue weighted by molar-refractivity contribution is 5.97. The van der Waals surface area contributed by atoms with Gasteiger partial charge in [-0.1, -0.05) is 6.08 Å². The van der Waals surface area contributed by atoms with E-state index in [0.717, 1.165) is 43.4 Å². The lowest BCUT2D eigenvalue weighted by Crippen LogP contribution is -2.22. The molecule has 0 bridgehead atoms. The van der Waals surface area contributed by atoms with Gasteiger partial charge in [0.05, 0.1) is 0 Å². The van der Waals surface area contributed by atoms with Crippen LogP contribution in [0.2, 0.25) is 0 Å². The number of hydrogen-bond donors (Lipinski definition) is 0. The van der Waals surface area contributed by atoms with Gasteiger partial charge in [-0.15, -0.1) is 0 Å². The molecule has 0 N–H and O–H groups in total. The third-order valence-corrected chi connectivity index (χ3v) is 3.42. The van der Waals surface area contributed by atoms with Crippen molar-refractivity contribution < 1.29 is 9.53 Å². The van der Waals surface area contributed by atoms with Crippen LogP contribution in [0.1, 0.15) is 32.1 Å². The van der Waals surface area contributed by atoms with Crippen molar-refractivity contribution >= 4 is 5.78 Å². The van der Waals surface area contributed by atoms with E-state index in [0.29, 0.717) is 11.7 Å². The second kappa shape index (κ2) is 2.97. The SMILES string of the molecule is O=C1CCCC2=C1C1CCC=CC1O2. The summed E-state index contributed by atoms with van der Waals surface area (Å²) in [6.07, 6.45) is 9.33. The van der Waals surface area contributed by atoms with Crippen molar-refractivity contribution in [1.29, 1.82) is 0 Å². The van der Waals surface area contributed by atoms with Crippen molar-refractivity contribution in [3.63, 3.8) is 0 Å². The Kier molecular flexibility index (Phi) is 1.76.